The zero-order valence-corrected chi connectivity index (χ0v) is 33.3. The Balaban J connectivity index is 1.17. The largest absolute Gasteiger partial charge is 0.396 e. The summed E-state index contributed by atoms with van der Waals surface area (Å²) in [5.41, 5.74) is -1.50. The molecule has 6 rings (SSSR count). The van der Waals surface area contributed by atoms with Crippen LogP contribution < -0.4 is 0 Å². The molecular formula is C41H68O13. The minimum absolute atomic E-state index is 0.00599. The summed E-state index contributed by atoms with van der Waals surface area (Å²) in [5.74, 6) is -0.0405. The molecule has 6 fully saturated rings. The molecule has 54 heavy (non-hydrogen) atoms. The number of carbonyl (C=O) groups excluding carboxylic acids is 1. The molecule has 6 aliphatic rings. The number of ether oxygens (including phenoxy) is 4. The van der Waals surface area contributed by atoms with Crippen molar-refractivity contribution in [3.05, 3.63) is 11.6 Å². The normalized spacial score (nSPS) is 50.0. The third kappa shape index (κ3) is 6.77. The number of carbonyl (C=O) groups is 1. The van der Waals surface area contributed by atoms with Crippen LogP contribution >= 0.6 is 0 Å². The first-order chi connectivity index (χ1) is 25.2. The highest BCUT2D eigenvalue weighted by Crippen LogP contribution is 2.75. The first kappa shape index (κ1) is 42.5. The molecule has 0 aromatic rings. The Kier molecular flexibility index (Phi) is 12.0. The maximum atomic E-state index is 13.9. The molecule has 2 heterocycles. The number of rotatable bonds is 10. The van der Waals surface area contributed by atoms with Gasteiger partial charge in [0.15, 0.2) is 6.29 Å². The van der Waals surface area contributed by atoms with Crippen LogP contribution in [0.3, 0.4) is 0 Å². The third-order valence-corrected chi connectivity index (χ3v) is 16.0. The molecule has 4 aliphatic carbocycles. The van der Waals surface area contributed by atoms with Gasteiger partial charge in [-0.3, -0.25) is 4.79 Å². The Morgan fingerprint density at radius 2 is 1.59 bits per heavy atom. The van der Waals surface area contributed by atoms with E-state index in [0.29, 0.717) is 25.7 Å². The van der Waals surface area contributed by atoms with Crippen molar-refractivity contribution in [3.63, 3.8) is 0 Å². The van der Waals surface area contributed by atoms with E-state index in [-0.39, 0.29) is 54.2 Å². The van der Waals surface area contributed by atoms with Crippen LogP contribution in [0.2, 0.25) is 0 Å². The molecule has 0 unspecified atom stereocenters. The molecule has 0 aromatic heterocycles. The van der Waals surface area contributed by atoms with E-state index < -0.39 is 90.2 Å². The highest BCUT2D eigenvalue weighted by Gasteiger charge is 2.72. The van der Waals surface area contributed by atoms with Crippen molar-refractivity contribution in [2.75, 3.05) is 26.4 Å². The maximum Gasteiger partial charge on any atom is 0.186 e. The van der Waals surface area contributed by atoms with E-state index in [2.05, 4.69) is 27.7 Å². The van der Waals surface area contributed by atoms with E-state index in [9.17, 15) is 45.6 Å². The van der Waals surface area contributed by atoms with Gasteiger partial charge < -0.3 is 59.8 Å². The van der Waals surface area contributed by atoms with Gasteiger partial charge in [0.1, 0.15) is 54.6 Å². The van der Waals surface area contributed by atoms with Gasteiger partial charge in [-0.25, -0.2) is 0 Å². The highest BCUT2D eigenvalue weighted by atomic mass is 16.7. The zero-order valence-electron chi connectivity index (χ0n) is 33.3. The molecule has 13 nitrogen and oxygen atoms in total. The molecule has 13 heteroatoms. The molecule has 0 amide bonds. The average Bonchev–Trinajstić information content (AvgIpc) is 3.40. The number of ketones is 1. The van der Waals surface area contributed by atoms with E-state index in [1.807, 2.05) is 26.8 Å². The predicted octanol–water partition coefficient (Wildman–Crippen LogP) is 1.62. The Hall–Kier alpha value is -1.07. The molecule has 4 saturated carbocycles. The fraction of sp³-hybridized carbons (Fsp3) is 0.927. The highest BCUT2D eigenvalue weighted by molar-refractivity contribution is 5.86. The van der Waals surface area contributed by atoms with Gasteiger partial charge >= 0.3 is 0 Å². The summed E-state index contributed by atoms with van der Waals surface area (Å²) in [7, 11) is 0. The topological polar surface area (TPSA) is 216 Å². The van der Waals surface area contributed by atoms with Crippen molar-refractivity contribution in [2.24, 2.45) is 45.3 Å². The van der Waals surface area contributed by atoms with Gasteiger partial charge in [-0.05, 0) is 99.7 Å². The lowest BCUT2D eigenvalue weighted by atomic mass is 9.35. The molecule has 2 saturated heterocycles. The quantitative estimate of drug-likeness (QED) is 0.149. The second-order valence-corrected chi connectivity index (χ2v) is 19.4. The first-order valence-electron chi connectivity index (χ1n) is 20.2. The van der Waals surface area contributed by atoms with Crippen LogP contribution in [0.15, 0.2) is 11.6 Å². The van der Waals surface area contributed by atoms with Crippen molar-refractivity contribution < 1.29 is 64.6 Å². The first-order valence-corrected chi connectivity index (χ1v) is 20.2. The SMILES string of the molecule is CC(C)=CC[C@](C)(O)[C@H]1C(=O)C[C@]2(C)[C@@H]1CC[C@@H]1[C@@]3(CO)CC[C@H](O[C@@H]4[C@@H](O)[C@H](O)[C@H](OC[C@H]5OC[C@H](O)[C@H](O)[C@H]5O)O[C@H]4CO)C(C)(C)[C@H]3CC[C@]12C. The molecule has 8 N–H and O–H groups in total. The summed E-state index contributed by atoms with van der Waals surface area (Å²) in [6.07, 6.45) is -4.64. The second-order valence-electron chi connectivity index (χ2n) is 19.4. The maximum absolute atomic E-state index is 13.9. The molecule has 310 valence electrons. The van der Waals surface area contributed by atoms with Crippen LogP contribution in [0, 0.1) is 45.3 Å². The molecule has 18 atom stereocenters. The smallest absolute Gasteiger partial charge is 0.186 e. The summed E-state index contributed by atoms with van der Waals surface area (Å²) in [6, 6.07) is 0. The lowest BCUT2D eigenvalue weighted by Crippen LogP contribution is -2.67. The van der Waals surface area contributed by atoms with Crippen molar-refractivity contribution in [1.29, 1.82) is 0 Å². The van der Waals surface area contributed by atoms with Crippen molar-refractivity contribution in [3.8, 4) is 0 Å². The molecule has 0 bridgehead atoms. The van der Waals surface area contributed by atoms with Gasteiger partial charge in [-0.15, -0.1) is 0 Å². The number of allylic oxidation sites excluding steroid dienone is 1. The fourth-order valence-corrected chi connectivity index (χ4v) is 12.8. The Bertz CT molecular complexity index is 1380. The van der Waals surface area contributed by atoms with Gasteiger partial charge in [-0.2, -0.15) is 0 Å². The number of fused-ring (bicyclic) bond motifs is 5. The molecule has 0 spiro atoms. The molecule has 2 aliphatic heterocycles. The van der Waals surface area contributed by atoms with E-state index in [1.54, 1.807) is 0 Å². The molecule has 0 radical (unpaired) electrons. The van der Waals surface area contributed by atoms with Crippen molar-refractivity contribution in [1.82, 2.24) is 0 Å². The van der Waals surface area contributed by atoms with Gasteiger partial charge in [0.25, 0.3) is 0 Å². The van der Waals surface area contributed by atoms with E-state index >= 15 is 0 Å². The van der Waals surface area contributed by atoms with Gasteiger partial charge in [0, 0.05) is 24.4 Å². The summed E-state index contributed by atoms with van der Waals surface area (Å²) in [5, 5.41) is 86.2. The Morgan fingerprint density at radius 3 is 2.24 bits per heavy atom. The van der Waals surface area contributed by atoms with Gasteiger partial charge in [-0.1, -0.05) is 39.3 Å². The van der Waals surface area contributed by atoms with Crippen LogP contribution in [0.5, 0.6) is 0 Å². The number of hydrogen-bond acceptors (Lipinski definition) is 13. The third-order valence-electron chi connectivity index (χ3n) is 16.0. The van der Waals surface area contributed by atoms with Crippen LogP contribution in [-0.4, -0.2) is 140 Å². The van der Waals surface area contributed by atoms with E-state index in [4.69, 9.17) is 18.9 Å². The fourth-order valence-electron chi connectivity index (χ4n) is 12.8. The van der Waals surface area contributed by atoms with E-state index in [1.165, 1.54) is 0 Å². The number of aliphatic hydroxyl groups excluding tert-OH is 7. The standard InChI is InChI=1S/C41H68O13/c1-21(2)10-14-40(7,50)30-22-8-9-28-38(5,39(22,6)16-23(30)44)13-11-27-37(3,4)29(12-15-41(27,28)20-43)54-35-25(17-42)53-36(34(49)33(35)48)52-19-26-32(47)31(46)24(45)18-51-26/h10,22,24-36,42-43,45-50H,8-9,11-20H2,1-7H3/t22-,24+,25+,26-,27-,28+,29+,30-,31+,32+,33+,34+,35+,36-,38-,39-,40+,41-/m1/s1. The number of aliphatic hydroxyl groups is 8. The van der Waals surface area contributed by atoms with E-state index in [0.717, 1.165) is 31.3 Å². The minimum Gasteiger partial charge on any atom is -0.396 e. The van der Waals surface area contributed by atoms with Crippen LogP contribution in [0.25, 0.3) is 0 Å². The monoisotopic (exact) mass is 768 g/mol. The van der Waals surface area contributed by atoms with Crippen molar-refractivity contribution in [2.45, 2.75) is 167 Å². The van der Waals surface area contributed by atoms with Crippen LogP contribution in [-0.2, 0) is 23.7 Å². The zero-order chi connectivity index (χ0) is 39.8. The number of Topliss-reactive ketones (excluding diaryl/α,β-unsaturated/α-hetero) is 1. The Labute approximate surface area is 320 Å². The lowest BCUT2D eigenvalue weighted by Gasteiger charge is -2.70. The number of hydrogen-bond donors (Lipinski definition) is 8. The van der Waals surface area contributed by atoms with Crippen LogP contribution in [0.1, 0.15) is 99.8 Å². The second kappa shape index (κ2) is 15.3. The van der Waals surface area contributed by atoms with Gasteiger partial charge in [0.05, 0.1) is 31.5 Å². The summed E-state index contributed by atoms with van der Waals surface area (Å²) < 4.78 is 23.7. The van der Waals surface area contributed by atoms with Crippen molar-refractivity contribution >= 4 is 5.78 Å². The Morgan fingerprint density at radius 1 is 0.889 bits per heavy atom. The van der Waals surface area contributed by atoms with Crippen LogP contribution in [0.4, 0.5) is 0 Å². The van der Waals surface area contributed by atoms with Gasteiger partial charge in [0.2, 0.25) is 0 Å². The minimum atomic E-state index is -1.57. The summed E-state index contributed by atoms with van der Waals surface area (Å²) in [4.78, 5) is 13.9. The summed E-state index contributed by atoms with van der Waals surface area (Å²) >= 11 is 0. The molecular weight excluding hydrogens is 700 g/mol. The summed E-state index contributed by atoms with van der Waals surface area (Å²) in [6.45, 7) is 13.7. The lowest BCUT2D eigenvalue weighted by molar-refractivity contribution is -0.330. The average molecular weight is 769 g/mol. The predicted molar refractivity (Wildman–Crippen MR) is 196 cm³/mol. The molecule has 0 aromatic carbocycles.